The normalized spacial score (nSPS) is 11.6. The van der Waals surface area contributed by atoms with Gasteiger partial charge in [-0.25, -0.2) is 4.79 Å². The van der Waals surface area contributed by atoms with Crippen LogP contribution < -0.4 is 5.32 Å². The summed E-state index contributed by atoms with van der Waals surface area (Å²) in [6.07, 6.45) is 4.30. The minimum absolute atomic E-state index is 0.0630. The zero-order valence-corrected chi connectivity index (χ0v) is 15.0. The fourth-order valence-corrected chi connectivity index (χ4v) is 2.45. The number of hydrogen-bond donors (Lipinski definition) is 1. The average Bonchev–Trinajstić information content (AvgIpc) is 2.59. The summed E-state index contributed by atoms with van der Waals surface area (Å²) in [5.74, 6) is -0.593. The minimum atomic E-state index is -0.675. The Morgan fingerprint density at radius 1 is 1.32 bits per heavy atom. The van der Waals surface area contributed by atoms with Gasteiger partial charge in [-0.15, -0.1) is 0 Å². The van der Waals surface area contributed by atoms with Gasteiger partial charge in [0.05, 0.1) is 10.5 Å². The Bertz CT molecular complexity index is 615. The highest BCUT2D eigenvalue weighted by molar-refractivity contribution is 5.91. The first-order chi connectivity index (χ1) is 11.9. The molecule has 1 rings (SSSR count). The lowest BCUT2D eigenvalue weighted by Gasteiger charge is -2.15. The lowest BCUT2D eigenvalue weighted by atomic mass is 9.99. The Kier molecular flexibility index (Phi) is 8.60. The standard InChI is InChI=1S/C18H26N2O5/c1-4-6-7-14(5-2)11-19-17(21)12-25-18(22)15-8-9-16(20(23)24)13(3)10-15/h8-10,14H,4-7,11-12H2,1-3H3,(H,19,21)/t14-/m1/s1. The van der Waals surface area contributed by atoms with Gasteiger partial charge >= 0.3 is 5.97 Å². The van der Waals surface area contributed by atoms with Gasteiger partial charge < -0.3 is 10.1 Å². The van der Waals surface area contributed by atoms with Gasteiger partial charge in [0.2, 0.25) is 0 Å². The van der Waals surface area contributed by atoms with Crippen molar-refractivity contribution < 1.29 is 19.2 Å². The number of amides is 1. The van der Waals surface area contributed by atoms with E-state index in [4.69, 9.17) is 4.74 Å². The van der Waals surface area contributed by atoms with Crippen molar-refractivity contribution in [2.75, 3.05) is 13.2 Å². The molecule has 1 atom stereocenters. The molecular weight excluding hydrogens is 324 g/mol. The second kappa shape index (κ2) is 10.4. The number of rotatable bonds is 10. The van der Waals surface area contributed by atoms with Crippen molar-refractivity contribution in [1.82, 2.24) is 5.32 Å². The molecule has 138 valence electrons. The number of nitrogens with one attached hydrogen (secondary N) is 1. The molecule has 0 radical (unpaired) electrons. The first-order valence-electron chi connectivity index (χ1n) is 8.57. The molecule has 1 amide bonds. The predicted molar refractivity (Wildman–Crippen MR) is 94.4 cm³/mol. The fraction of sp³-hybridized carbons (Fsp3) is 0.556. The van der Waals surface area contributed by atoms with E-state index in [1.165, 1.54) is 18.2 Å². The summed E-state index contributed by atoms with van der Waals surface area (Å²) in [7, 11) is 0. The first kappa shape index (κ1) is 20.6. The van der Waals surface area contributed by atoms with E-state index >= 15 is 0 Å². The average molecular weight is 350 g/mol. The molecule has 1 aromatic carbocycles. The number of nitrogens with zero attached hydrogens (tertiary/aromatic N) is 1. The van der Waals surface area contributed by atoms with Crippen LogP contribution in [-0.2, 0) is 9.53 Å². The molecule has 0 aromatic heterocycles. The monoisotopic (exact) mass is 350 g/mol. The number of nitro benzene ring substituents is 1. The largest absolute Gasteiger partial charge is 0.452 e. The van der Waals surface area contributed by atoms with Crippen LogP contribution in [0.3, 0.4) is 0 Å². The van der Waals surface area contributed by atoms with Crippen molar-refractivity contribution in [1.29, 1.82) is 0 Å². The van der Waals surface area contributed by atoms with E-state index in [9.17, 15) is 19.7 Å². The molecule has 0 bridgehead atoms. The zero-order valence-electron chi connectivity index (χ0n) is 15.0. The Morgan fingerprint density at radius 2 is 2.04 bits per heavy atom. The highest BCUT2D eigenvalue weighted by atomic mass is 16.6. The summed E-state index contributed by atoms with van der Waals surface area (Å²) in [5.41, 5.74) is 0.489. The van der Waals surface area contributed by atoms with Crippen LogP contribution in [-0.4, -0.2) is 30.0 Å². The molecule has 7 nitrogen and oxygen atoms in total. The lowest BCUT2D eigenvalue weighted by Crippen LogP contribution is -2.32. The fourth-order valence-electron chi connectivity index (χ4n) is 2.45. The van der Waals surface area contributed by atoms with Crippen LogP contribution in [0.5, 0.6) is 0 Å². The van der Waals surface area contributed by atoms with Crippen LogP contribution >= 0.6 is 0 Å². The minimum Gasteiger partial charge on any atom is -0.452 e. The van der Waals surface area contributed by atoms with Crippen molar-refractivity contribution in [2.45, 2.75) is 46.5 Å². The van der Waals surface area contributed by atoms with E-state index in [2.05, 4.69) is 19.2 Å². The van der Waals surface area contributed by atoms with Gasteiger partial charge in [0.25, 0.3) is 11.6 Å². The van der Waals surface area contributed by atoms with Gasteiger partial charge in [-0.2, -0.15) is 0 Å². The maximum Gasteiger partial charge on any atom is 0.338 e. The molecule has 0 aliphatic rings. The molecule has 0 aliphatic carbocycles. The summed E-state index contributed by atoms with van der Waals surface area (Å²) < 4.78 is 4.97. The van der Waals surface area contributed by atoms with Crippen LogP contribution in [0.2, 0.25) is 0 Å². The number of benzene rings is 1. The molecular formula is C18H26N2O5. The van der Waals surface area contributed by atoms with Gasteiger partial charge in [0.15, 0.2) is 6.61 Å². The summed E-state index contributed by atoms with van der Waals surface area (Å²) >= 11 is 0. The molecule has 1 aromatic rings. The molecule has 25 heavy (non-hydrogen) atoms. The Labute approximate surface area is 147 Å². The van der Waals surface area contributed by atoms with Crippen molar-refractivity contribution in [3.8, 4) is 0 Å². The highest BCUT2D eigenvalue weighted by Gasteiger charge is 2.16. The third-order valence-electron chi connectivity index (χ3n) is 4.09. The third-order valence-corrected chi connectivity index (χ3v) is 4.09. The first-order valence-corrected chi connectivity index (χ1v) is 8.57. The van der Waals surface area contributed by atoms with Crippen LogP contribution in [0.4, 0.5) is 5.69 Å². The topological polar surface area (TPSA) is 98.5 Å². The molecule has 0 aliphatic heterocycles. The number of hydrogen-bond acceptors (Lipinski definition) is 5. The van der Waals surface area contributed by atoms with Gasteiger partial charge in [0, 0.05) is 18.2 Å². The zero-order chi connectivity index (χ0) is 18.8. The van der Waals surface area contributed by atoms with Crippen molar-refractivity contribution >= 4 is 17.6 Å². The Balaban J connectivity index is 2.46. The van der Waals surface area contributed by atoms with E-state index in [0.717, 1.165) is 25.7 Å². The van der Waals surface area contributed by atoms with E-state index in [0.29, 0.717) is 18.0 Å². The van der Waals surface area contributed by atoms with Crippen molar-refractivity contribution in [3.05, 3.63) is 39.4 Å². The summed E-state index contributed by atoms with van der Waals surface area (Å²) in [5, 5.41) is 13.6. The number of unbranched alkanes of at least 4 members (excludes halogenated alkanes) is 1. The molecule has 0 heterocycles. The number of carbonyl (C=O) groups excluding carboxylic acids is 2. The molecule has 0 unspecified atom stereocenters. The van der Waals surface area contributed by atoms with Crippen LogP contribution in [0, 0.1) is 23.0 Å². The van der Waals surface area contributed by atoms with Gasteiger partial charge in [-0.1, -0.05) is 33.1 Å². The van der Waals surface area contributed by atoms with Crippen LogP contribution in [0.1, 0.15) is 55.5 Å². The number of carbonyl (C=O) groups is 2. The maximum atomic E-state index is 11.9. The highest BCUT2D eigenvalue weighted by Crippen LogP contribution is 2.19. The SMILES string of the molecule is CCCC[C@@H](CC)CNC(=O)COC(=O)c1ccc([N+](=O)[O-])c(C)c1. The molecule has 7 heteroatoms. The number of nitro groups is 1. The maximum absolute atomic E-state index is 11.9. The molecule has 0 saturated carbocycles. The molecule has 0 saturated heterocycles. The van der Waals surface area contributed by atoms with Crippen molar-refractivity contribution in [3.63, 3.8) is 0 Å². The van der Waals surface area contributed by atoms with E-state index < -0.39 is 10.9 Å². The molecule has 0 fully saturated rings. The summed E-state index contributed by atoms with van der Waals surface area (Å²) in [4.78, 5) is 34.0. The van der Waals surface area contributed by atoms with E-state index in [1.807, 2.05) is 0 Å². The predicted octanol–water partition coefficient (Wildman–Crippen LogP) is 3.39. The second-order valence-electron chi connectivity index (χ2n) is 6.06. The summed E-state index contributed by atoms with van der Waals surface area (Å²) in [6, 6.07) is 3.96. The van der Waals surface area contributed by atoms with Crippen LogP contribution in [0.25, 0.3) is 0 Å². The van der Waals surface area contributed by atoms with Gasteiger partial charge in [0.1, 0.15) is 0 Å². The third kappa shape index (κ3) is 6.91. The quantitative estimate of drug-likeness (QED) is 0.396. The van der Waals surface area contributed by atoms with Gasteiger partial charge in [-0.3, -0.25) is 14.9 Å². The molecule has 0 spiro atoms. The number of aryl methyl sites for hydroxylation is 1. The Morgan fingerprint density at radius 3 is 2.60 bits per heavy atom. The number of ether oxygens (including phenoxy) is 1. The Hall–Kier alpha value is -2.44. The van der Waals surface area contributed by atoms with Crippen LogP contribution in [0.15, 0.2) is 18.2 Å². The smallest absolute Gasteiger partial charge is 0.338 e. The second-order valence-corrected chi connectivity index (χ2v) is 6.06. The number of esters is 1. The summed E-state index contributed by atoms with van der Waals surface area (Å²) in [6.45, 7) is 5.97. The molecule has 1 N–H and O–H groups in total. The van der Waals surface area contributed by atoms with E-state index in [-0.39, 0.29) is 23.8 Å². The van der Waals surface area contributed by atoms with E-state index in [1.54, 1.807) is 6.92 Å². The van der Waals surface area contributed by atoms with Crippen molar-refractivity contribution in [2.24, 2.45) is 5.92 Å². The van der Waals surface area contributed by atoms with Gasteiger partial charge in [-0.05, 0) is 31.4 Å². The lowest BCUT2D eigenvalue weighted by molar-refractivity contribution is -0.385.